The molecule has 3 nitrogen and oxygen atoms in total. The predicted molar refractivity (Wildman–Crippen MR) is 72.5 cm³/mol. The normalized spacial score (nSPS) is 12.6. The molecule has 112 valence electrons. The van der Waals surface area contributed by atoms with Crippen molar-refractivity contribution in [1.29, 1.82) is 0 Å². The molecule has 0 aromatic heterocycles. The van der Waals surface area contributed by atoms with Gasteiger partial charge in [-0.15, -0.1) is 0 Å². The minimum absolute atomic E-state index is 0.0200. The Morgan fingerprint density at radius 2 is 1.95 bits per heavy atom. The van der Waals surface area contributed by atoms with Crippen LogP contribution in [0.4, 0.5) is 13.2 Å². The number of benzene rings is 1. The lowest BCUT2D eigenvalue weighted by Gasteiger charge is -2.14. The quantitative estimate of drug-likeness (QED) is 0.629. The van der Waals surface area contributed by atoms with Crippen LogP contribution in [0.15, 0.2) is 6.07 Å². The van der Waals surface area contributed by atoms with E-state index in [1.165, 1.54) is 0 Å². The minimum atomic E-state index is -1.71. The highest BCUT2D eigenvalue weighted by atomic mass is 79.9. The van der Waals surface area contributed by atoms with Gasteiger partial charge in [0.25, 0.3) is 5.91 Å². The molecular formula is C13H15BrF3NO2. The molecule has 1 unspecified atom stereocenters. The summed E-state index contributed by atoms with van der Waals surface area (Å²) in [5, 5.41) is 11.4. The van der Waals surface area contributed by atoms with E-state index in [9.17, 15) is 18.0 Å². The molecule has 0 saturated carbocycles. The molecule has 0 spiro atoms. The first kappa shape index (κ1) is 16.8. The van der Waals surface area contributed by atoms with Gasteiger partial charge in [0.1, 0.15) is 0 Å². The Morgan fingerprint density at radius 3 is 2.50 bits per heavy atom. The number of aromatic hydroxyl groups is 1. The maximum absolute atomic E-state index is 13.5. The fourth-order valence-electron chi connectivity index (χ4n) is 1.65. The van der Waals surface area contributed by atoms with Crippen LogP contribution < -0.4 is 5.32 Å². The number of carbonyl (C=O) groups excluding carboxylic acids is 1. The van der Waals surface area contributed by atoms with E-state index in [4.69, 9.17) is 5.11 Å². The van der Waals surface area contributed by atoms with Crippen LogP contribution in [0.5, 0.6) is 5.75 Å². The predicted octanol–water partition coefficient (Wildman–Crippen LogP) is 3.35. The van der Waals surface area contributed by atoms with Crippen molar-refractivity contribution in [3.63, 3.8) is 0 Å². The molecule has 1 atom stereocenters. The maximum atomic E-state index is 13.5. The molecule has 0 saturated heterocycles. The molecule has 1 rings (SSSR count). The van der Waals surface area contributed by atoms with Gasteiger partial charge in [0, 0.05) is 11.4 Å². The van der Waals surface area contributed by atoms with Crippen molar-refractivity contribution in [3.05, 3.63) is 29.1 Å². The van der Waals surface area contributed by atoms with E-state index in [2.05, 4.69) is 21.2 Å². The van der Waals surface area contributed by atoms with E-state index in [-0.39, 0.29) is 11.4 Å². The highest BCUT2D eigenvalue weighted by Crippen LogP contribution is 2.25. The third-order valence-corrected chi connectivity index (χ3v) is 3.29. The zero-order valence-electron chi connectivity index (χ0n) is 11.0. The van der Waals surface area contributed by atoms with E-state index in [0.29, 0.717) is 12.0 Å². The molecule has 0 bridgehead atoms. The van der Waals surface area contributed by atoms with Crippen molar-refractivity contribution >= 4 is 21.8 Å². The lowest BCUT2D eigenvalue weighted by Crippen LogP contribution is -2.31. The Hall–Kier alpha value is -1.24. The van der Waals surface area contributed by atoms with Crippen LogP contribution in [-0.2, 0) is 0 Å². The molecule has 0 aliphatic carbocycles. The van der Waals surface area contributed by atoms with Crippen LogP contribution in [-0.4, -0.2) is 22.4 Å². The number of rotatable bonds is 5. The highest BCUT2D eigenvalue weighted by Gasteiger charge is 2.22. The van der Waals surface area contributed by atoms with Crippen molar-refractivity contribution < 1.29 is 23.1 Å². The number of carbonyl (C=O) groups is 1. The summed E-state index contributed by atoms with van der Waals surface area (Å²) in [6.07, 6.45) is 0.784. The summed E-state index contributed by atoms with van der Waals surface area (Å²) in [6, 6.07) is 0.422. The molecule has 0 aliphatic heterocycles. The average molecular weight is 354 g/mol. The Balaban J connectivity index is 2.79. The molecule has 7 heteroatoms. The van der Waals surface area contributed by atoms with E-state index in [0.717, 1.165) is 6.42 Å². The topological polar surface area (TPSA) is 49.3 Å². The largest absolute Gasteiger partial charge is 0.503 e. The van der Waals surface area contributed by atoms with Crippen molar-refractivity contribution in [2.45, 2.75) is 25.1 Å². The number of hydrogen-bond acceptors (Lipinski definition) is 2. The molecular weight excluding hydrogens is 339 g/mol. The lowest BCUT2D eigenvalue weighted by atomic mass is 10.1. The lowest BCUT2D eigenvalue weighted by molar-refractivity contribution is 0.0947. The van der Waals surface area contributed by atoms with E-state index in [1.54, 1.807) is 0 Å². The van der Waals surface area contributed by atoms with Gasteiger partial charge in [-0.3, -0.25) is 4.79 Å². The number of nitrogens with one attached hydrogen (secondary N) is 1. The van der Waals surface area contributed by atoms with Gasteiger partial charge in [-0.2, -0.15) is 4.39 Å². The zero-order chi connectivity index (χ0) is 15.4. The molecule has 1 amide bonds. The van der Waals surface area contributed by atoms with Gasteiger partial charge in [0.05, 0.1) is 5.56 Å². The summed E-state index contributed by atoms with van der Waals surface area (Å²) in [7, 11) is 0. The Morgan fingerprint density at radius 1 is 1.35 bits per heavy atom. The molecule has 0 fully saturated rings. The third-order valence-electron chi connectivity index (χ3n) is 2.59. The molecule has 1 aromatic rings. The van der Waals surface area contributed by atoms with Gasteiger partial charge in [-0.05, 0) is 18.4 Å². The van der Waals surface area contributed by atoms with E-state index in [1.807, 2.05) is 13.8 Å². The summed E-state index contributed by atoms with van der Waals surface area (Å²) in [6.45, 7) is 4.21. The second kappa shape index (κ2) is 6.97. The molecule has 1 aromatic carbocycles. The number of halogens is 4. The highest BCUT2D eigenvalue weighted by molar-refractivity contribution is 9.09. The first-order chi connectivity index (χ1) is 9.23. The Labute approximate surface area is 123 Å². The second-order valence-corrected chi connectivity index (χ2v) is 6.11. The fraction of sp³-hybridized carbons (Fsp3) is 0.462. The van der Waals surface area contributed by atoms with Crippen molar-refractivity contribution in [1.82, 2.24) is 5.32 Å². The zero-order valence-corrected chi connectivity index (χ0v) is 12.6. The molecule has 0 aliphatic rings. The van der Waals surface area contributed by atoms with E-state index >= 15 is 0 Å². The van der Waals surface area contributed by atoms with Gasteiger partial charge in [0.2, 0.25) is 5.82 Å². The number of amides is 1. The first-order valence-corrected chi connectivity index (χ1v) is 6.94. The van der Waals surface area contributed by atoms with Gasteiger partial charge in [0.15, 0.2) is 17.4 Å². The number of phenolic OH excluding ortho intramolecular Hbond substituents is 1. The van der Waals surface area contributed by atoms with Gasteiger partial charge < -0.3 is 10.4 Å². The van der Waals surface area contributed by atoms with Crippen LogP contribution in [0, 0.1) is 23.4 Å². The van der Waals surface area contributed by atoms with Crippen molar-refractivity contribution in [2.24, 2.45) is 5.92 Å². The average Bonchev–Trinajstić information content (AvgIpc) is 2.37. The van der Waals surface area contributed by atoms with Gasteiger partial charge in [-0.25, -0.2) is 8.78 Å². The second-order valence-electron chi connectivity index (χ2n) is 4.82. The Bertz CT molecular complexity index is 509. The summed E-state index contributed by atoms with van der Waals surface area (Å²) in [5.41, 5.74) is -0.731. The van der Waals surface area contributed by atoms with Gasteiger partial charge in [-0.1, -0.05) is 29.8 Å². The summed E-state index contributed by atoms with van der Waals surface area (Å²) < 4.78 is 39.4. The first-order valence-electron chi connectivity index (χ1n) is 6.02. The SMILES string of the molecule is CC(C)CC(Br)CNC(=O)c1cc(F)c(F)c(O)c1F. The van der Waals surface area contributed by atoms with Gasteiger partial charge >= 0.3 is 0 Å². The minimum Gasteiger partial charge on any atom is -0.503 e. The van der Waals surface area contributed by atoms with Crippen molar-refractivity contribution in [3.8, 4) is 5.75 Å². The smallest absolute Gasteiger partial charge is 0.254 e. The van der Waals surface area contributed by atoms with Crippen LogP contribution >= 0.6 is 15.9 Å². The number of alkyl halides is 1. The van der Waals surface area contributed by atoms with Crippen LogP contribution in [0.3, 0.4) is 0 Å². The summed E-state index contributed by atoms with van der Waals surface area (Å²) in [5.74, 6) is -6.67. The molecule has 0 radical (unpaired) electrons. The number of phenols is 1. The van der Waals surface area contributed by atoms with Crippen molar-refractivity contribution in [2.75, 3.05) is 6.54 Å². The van der Waals surface area contributed by atoms with E-state index < -0.39 is 34.7 Å². The molecule has 0 heterocycles. The van der Waals surface area contributed by atoms with Crippen LogP contribution in [0.2, 0.25) is 0 Å². The summed E-state index contributed by atoms with van der Waals surface area (Å²) >= 11 is 3.35. The molecule has 2 N–H and O–H groups in total. The van der Waals surface area contributed by atoms with Crippen LogP contribution in [0.25, 0.3) is 0 Å². The monoisotopic (exact) mass is 353 g/mol. The number of hydrogen-bond donors (Lipinski definition) is 2. The third kappa shape index (κ3) is 4.13. The Kier molecular flexibility index (Phi) is 5.86. The standard InChI is InChI=1S/C13H15BrF3NO2/c1-6(2)3-7(14)5-18-13(20)8-4-9(15)11(17)12(19)10(8)16/h4,6-7,19H,3,5H2,1-2H3,(H,18,20). The summed E-state index contributed by atoms with van der Waals surface area (Å²) in [4.78, 5) is 11.7. The fourth-order valence-corrected chi connectivity index (χ4v) is 2.56. The maximum Gasteiger partial charge on any atom is 0.254 e. The molecule has 20 heavy (non-hydrogen) atoms. The van der Waals surface area contributed by atoms with Crippen LogP contribution in [0.1, 0.15) is 30.6 Å².